The molecule has 0 unspecified atom stereocenters. The lowest BCUT2D eigenvalue weighted by Crippen LogP contribution is -2.11. The number of carbonyl (C=O) groups is 1. The number of aromatic nitrogens is 1. The number of thiazole rings is 1. The predicted molar refractivity (Wildman–Crippen MR) is 78.8 cm³/mol. The Kier molecular flexibility index (Phi) is 3.01. The van der Waals surface area contributed by atoms with E-state index in [0.717, 1.165) is 15.9 Å². The van der Waals surface area contributed by atoms with Crippen molar-refractivity contribution in [2.45, 2.75) is 6.92 Å². The Labute approximate surface area is 114 Å². The SMILES string of the molecule is Cc1ccc(NC(=O)c2ccc3ncsc3c2)cc1. The molecule has 3 aromatic rings. The van der Waals surface area contributed by atoms with Crippen LogP contribution >= 0.6 is 11.3 Å². The van der Waals surface area contributed by atoms with Crippen LogP contribution in [0.25, 0.3) is 10.2 Å². The number of amides is 1. The Hall–Kier alpha value is -2.20. The number of rotatable bonds is 2. The molecule has 4 heteroatoms. The number of anilines is 1. The molecule has 0 radical (unpaired) electrons. The maximum atomic E-state index is 12.1. The van der Waals surface area contributed by atoms with Gasteiger partial charge in [0, 0.05) is 11.3 Å². The van der Waals surface area contributed by atoms with E-state index in [-0.39, 0.29) is 5.91 Å². The van der Waals surface area contributed by atoms with Crippen molar-refractivity contribution >= 4 is 33.1 Å². The molecular weight excluding hydrogens is 256 g/mol. The van der Waals surface area contributed by atoms with Crippen molar-refractivity contribution in [1.29, 1.82) is 0 Å². The van der Waals surface area contributed by atoms with Gasteiger partial charge in [-0.3, -0.25) is 4.79 Å². The Morgan fingerprint density at radius 2 is 1.95 bits per heavy atom. The second kappa shape index (κ2) is 4.82. The van der Waals surface area contributed by atoms with Gasteiger partial charge in [0.1, 0.15) is 0 Å². The third-order valence-electron chi connectivity index (χ3n) is 2.90. The number of nitrogens with zero attached hydrogens (tertiary/aromatic N) is 1. The highest BCUT2D eigenvalue weighted by Gasteiger charge is 2.07. The summed E-state index contributed by atoms with van der Waals surface area (Å²) in [5, 5.41) is 2.89. The maximum Gasteiger partial charge on any atom is 0.255 e. The summed E-state index contributed by atoms with van der Waals surface area (Å²) in [6, 6.07) is 13.3. The van der Waals surface area contributed by atoms with Gasteiger partial charge in [0.15, 0.2) is 0 Å². The maximum absolute atomic E-state index is 12.1. The third-order valence-corrected chi connectivity index (χ3v) is 3.69. The van der Waals surface area contributed by atoms with E-state index in [1.807, 2.05) is 43.3 Å². The summed E-state index contributed by atoms with van der Waals surface area (Å²) in [6.07, 6.45) is 0. The number of hydrogen-bond donors (Lipinski definition) is 1. The fraction of sp³-hybridized carbons (Fsp3) is 0.0667. The van der Waals surface area contributed by atoms with Gasteiger partial charge in [-0.05, 0) is 37.3 Å². The van der Waals surface area contributed by atoms with Gasteiger partial charge in [-0.2, -0.15) is 0 Å². The van der Waals surface area contributed by atoms with Gasteiger partial charge >= 0.3 is 0 Å². The molecule has 0 fully saturated rings. The average Bonchev–Trinajstić information content (AvgIpc) is 2.88. The van der Waals surface area contributed by atoms with Crippen molar-refractivity contribution in [3.05, 3.63) is 59.1 Å². The number of fused-ring (bicyclic) bond motifs is 1. The average molecular weight is 268 g/mol. The van der Waals surface area contributed by atoms with Gasteiger partial charge in [0.05, 0.1) is 15.7 Å². The molecule has 0 saturated heterocycles. The van der Waals surface area contributed by atoms with Crippen LogP contribution in [-0.2, 0) is 0 Å². The zero-order valence-corrected chi connectivity index (χ0v) is 11.2. The lowest BCUT2D eigenvalue weighted by Gasteiger charge is -2.05. The summed E-state index contributed by atoms with van der Waals surface area (Å²) in [6.45, 7) is 2.02. The van der Waals surface area contributed by atoms with Gasteiger partial charge in [-0.15, -0.1) is 11.3 Å². The monoisotopic (exact) mass is 268 g/mol. The van der Waals surface area contributed by atoms with Gasteiger partial charge in [0.2, 0.25) is 0 Å². The minimum Gasteiger partial charge on any atom is -0.322 e. The molecular formula is C15H12N2OS. The van der Waals surface area contributed by atoms with Crippen molar-refractivity contribution in [2.75, 3.05) is 5.32 Å². The van der Waals surface area contributed by atoms with Crippen LogP contribution in [0, 0.1) is 6.92 Å². The minimum atomic E-state index is -0.0980. The summed E-state index contributed by atoms with van der Waals surface area (Å²) in [4.78, 5) is 16.3. The van der Waals surface area contributed by atoms with Crippen LogP contribution in [0.3, 0.4) is 0 Å². The summed E-state index contributed by atoms with van der Waals surface area (Å²) in [7, 11) is 0. The zero-order chi connectivity index (χ0) is 13.2. The van der Waals surface area contributed by atoms with Crippen LogP contribution < -0.4 is 5.32 Å². The van der Waals surface area contributed by atoms with E-state index < -0.39 is 0 Å². The number of carbonyl (C=O) groups excluding carboxylic acids is 1. The molecule has 0 aliphatic carbocycles. The smallest absolute Gasteiger partial charge is 0.255 e. The molecule has 1 aromatic heterocycles. The second-order valence-electron chi connectivity index (χ2n) is 4.36. The number of nitrogens with one attached hydrogen (secondary N) is 1. The van der Waals surface area contributed by atoms with E-state index >= 15 is 0 Å². The summed E-state index contributed by atoms with van der Waals surface area (Å²) in [5.74, 6) is -0.0980. The number of hydrogen-bond acceptors (Lipinski definition) is 3. The highest BCUT2D eigenvalue weighted by atomic mass is 32.1. The van der Waals surface area contributed by atoms with Crippen LogP contribution in [0.5, 0.6) is 0 Å². The molecule has 94 valence electrons. The van der Waals surface area contributed by atoms with Gasteiger partial charge in [-0.1, -0.05) is 17.7 Å². The van der Waals surface area contributed by atoms with Crippen LogP contribution in [-0.4, -0.2) is 10.9 Å². The van der Waals surface area contributed by atoms with E-state index in [1.54, 1.807) is 11.6 Å². The fourth-order valence-electron chi connectivity index (χ4n) is 1.84. The molecule has 2 aromatic carbocycles. The highest BCUT2D eigenvalue weighted by molar-refractivity contribution is 7.16. The highest BCUT2D eigenvalue weighted by Crippen LogP contribution is 2.20. The first kappa shape index (κ1) is 11.9. The molecule has 0 atom stereocenters. The van der Waals surface area contributed by atoms with Gasteiger partial charge < -0.3 is 5.32 Å². The molecule has 0 bridgehead atoms. The Morgan fingerprint density at radius 3 is 2.74 bits per heavy atom. The third kappa shape index (κ3) is 2.48. The lowest BCUT2D eigenvalue weighted by molar-refractivity contribution is 0.102. The number of aryl methyl sites for hydroxylation is 1. The van der Waals surface area contributed by atoms with Crippen molar-refractivity contribution in [1.82, 2.24) is 4.98 Å². The lowest BCUT2D eigenvalue weighted by atomic mass is 10.2. The van der Waals surface area contributed by atoms with Crippen molar-refractivity contribution in [3.63, 3.8) is 0 Å². The largest absolute Gasteiger partial charge is 0.322 e. The van der Waals surface area contributed by atoms with E-state index in [9.17, 15) is 4.79 Å². The van der Waals surface area contributed by atoms with E-state index in [4.69, 9.17) is 0 Å². The van der Waals surface area contributed by atoms with E-state index in [1.165, 1.54) is 16.9 Å². The fourth-order valence-corrected chi connectivity index (χ4v) is 2.55. The molecule has 3 nitrogen and oxygen atoms in total. The summed E-state index contributed by atoms with van der Waals surface area (Å²) in [5.41, 5.74) is 5.34. The molecule has 1 heterocycles. The van der Waals surface area contributed by atoms with Gasteiger partial charge in [0.25, 0.3) is 5.91 Å². The number of benzene rings is 2. The topological polar surface area (TPSA) is 42.0 Å². The molecule has 0 aliphatic heterocycles. The first-order chi connectivity index (χ1) is 9.22. The first-order valence-electron chi connectivity index (χ1n) is 5.94. The summed E-state index contributed by atoms with van der Waals surface area (Å²) >= 11 is 1.54. The van der Waals surface area contributed by atoms with Crippen LogP contribution in [0.1, 0.15) is 15.9 Å². The molecule has 0 aliphatic rings. The Bertz CT molecular complexity index is 731. The van der Waals surface area contributed by atoms with Crippen LogP contribution in [0.2, 0.25) is 0 Å². The van der Waals surface area contributed by atoms with E-state index in [2.05, 4.69) is 10.3 Å². The van der Waals surface area contributed by atoms with Crippen molar-refractivity contribution < 1.29 is 4.79 Å². The van der Waals surface area contributed by atoms with Crippen molar-refractivity contribution in [2.24, 2.45) is 0 Å². The molecule has 3 rings (SSSR count). The van der Waals surface area contributed by atoms with Crippen molar-refractivity contribution in [3.8, 4) is 0 Å². The van der Waals surface area contributed by atoms with Crippen LogP contribution in [0.15, 0.2) is 48.0 Å². The first-order valence-corrected chi connectivity index (χ1v) is 6.81. The normalized spacial score (nSPS) is 10.6. The zero-order valence-electron chi connectivity index (χ0n) is 10.4. The molecule has 0 spiro atoms. The standard InChI is InChI=1S/C15H12N2OS/c1-10-2-5-12(6-3-10)17-15(18)11-4-7-13-14(8-11)19-9-16-13/h2-9H,1H3,(H,17,18). The minimum absolute atomic E-state index is 0.0980. The summed E-state index contributed by atoms with van der Waals surface area (Å²) < 4.78 is 1.02. The predicted octanol–water partition coefficient (Wildman–Crippen LogP) is 3.86. The van der Waals surface area contributed by atoms with Crippen LogP contribution in [0.4, 0.5) is 5.69 Å². The molecule has 1 N–H and O–H groups in total. The molecule has 0 saturated carbocycles. The molecule has 19 heavy (non-hydrogen) atoms. The quantitative estimate of drug-likeness (QED) is 0.767. The Morgan fingerprint density at radius 1 is 1.16 bits per heavy atom. The Balaban J connectivity index is 1.84. The second-order valence-corrected chi connectivity index (χ2v) is 5.24. The van der Waals surface area contributed by atoms with E-state index in [0.29, 0.717) is 5.56 Å². The van der Waals surface area contributed by atoms with Gasteiger partial charge in [-0.25, -0.2) is 4.98 Å². The molecule has 1 amide bonds.